The van der Waals surface area contributed by atoms with Crippen LogP contribution in [0.2, 0.25) is 0 Å². The van der Waals surface area contributed by atoms with Crippen LogP contribution in [-0.4, -0.2) is 28.4 Å². The number of hydrogen-bond acceptors (Lipinski definition) is 6. The number of rotatable bonds is 5. The van der Waals surface area contributed by atoms with Crippen molar-refractivity contribution in [1.82, 2.24) is 4.98 Å². The van der Waals surface area contributed by atoms with Gasteiger partial charge in [0.1, 0.15) is 11.5 Å². The second-order valence-corrected chi connectivity index (χ2v) is 10.5. The van der Waals surface area contributed by atoms with Gasteiger partial charge < -0.3 is 9.84 Å². The lowest BCUT2D eigenvalue weighted by Crippen LogP contribution is -2.29. The number of ketones is 1. The Labute approximate surface area is 221 Å². The van der Waals surface area contributed by atoms with Crippen LogP contribution in [-0.2, 0) is 9.59 Å². The van der Waals surface area contributed by atoms with E-state index in [1.807, 2.05) is 81.4 Å². The van der Waals surface area contributed by atoms with Gasteiger partial charge in [-0.05, 0) is 68.3 Å². The predicted molar refractivity (Wildman–Crippen MR) is 146 cm³/mol. The first-order valence-corrected chi connectivity index (χ1v) is 13.1. The molecule has 8 heteroatoms. The number of benzene rings is 3. The van der Waals surface area contributed by atoms with E-state index in [0.29, 0.717) is 34.1 Å². The third-order valence-corrected chi connectivity index (χ3v) is 7.69. The van der Waals surface area contributed by atoms with Gasteiger partial charge in [-0.15, -0.1) is 0 Å². The second-order valence-electron chi connectivity index (χ2n) is 8.60. The minimum atomic E-state index is -0.829. The number of hydrogen-bond donors (Lipinski definition) is 1. The molecule has 1 saturated heterocycles. The van der Waals surface area contributed by atoms with Crippen molar-refractivity contribution in [2.24, 2.45) is 0 Å². The molecule has 3 aromatic carbocycles. The number of carbonyl (C=O) groups is 2. The molecule has 1 aliphatic heterocycles. The second kappa shape index (κ2) is 9.52. The van der Waals surface area contributed by atoms with Gasteiger partial charge in [0.2, 0.25) is 0 Å². The summed E-state index contributed by atoms with van der Waals surface area (Å²) < 4.78 is 7.30. The molecule has 4 aromatic rings. The smallest absolute Gasteiger partial charge is 0.301 e. The number of nitrogens with zero attached hydrogens (tertiary/aromatic N) is 2. The summed E-state index contributed by atoms with van der Waals surface area (Å²) in [4.78, 5) is 33.0. The summed E-state index contributed by atoms with van der Waals surface area (Å²) in [5.41, 5.74) is 3.71. The third-order valence-electron chi connectivity index (χ3n) is 6.14. The molecule has 1 amide bonds. The molecular formula is C28H23BrN2O4S. The average Bonchev–Trinajstić information content (AvgIpc) is 3.39. The summed E-state index contributed by atoms with van der Waals surface area (Å²) in [6, 6.07) is 17.7. The largest absolute Gasteiger partial charge is 0.507 e. The predicted octanol–water partition coefficient (Wildman–Crippen LogP) is 6.70. The van der Waals surface area contributed by atoms with Crippen molar-refractivity contribution in [3.8, 4) is 5.75 Å². The third kappa shape index (κ3) is 4.20. The molecule has 182 valence electrons. The van der Waals surface area contributed by atoms with Gasteiger partial charge in [-0.2, -0.15) is 0 Å². The van der Waals surface area contributed by atoms with Crippen LogP contribution < -0.4 is 9.64 Å². The van der Waals surface area contributed by atoms with E-state index < -0.39 is 17.7 Å². The average molecular weight is 563 g/mol. The van der Waals surface area contributed by atoms with Gasteiger partial charge in [0, 0.05) is 10.0 Å². The van der Waals surface area contributed by atoms with Crippen molar-refractivity contribution >= 4 is 60.1 Å². The molecular weight excluding hydrogens is 540 g/mol. The fourth-order valence-electron chi connectivity index (χ4n) is 4.38. The molecule has 1 unspecified atom stereocenters. The maximum atomic E-state index is 13.5. The molecule has 1 aromatic heterocycles. The Balaban J connectivity index is 1.72. The zero-order valence-corrected chi connectivity index (χ0v) is 22.3. The van der Waals surface area contributed by atoms with Crippen LogP contribution in [0.25, 0.3) is 16.0 Å². The van der Waals surface area contributed by atoms with E-state index in [-0.39, 0.29) is 11.3 Å². The first-order valence-electron chi connectivity index (χ1n) is 11.5. The molecule has 36 heavy (non-hydrogen) atoms. The number of amides is 1. The summed E-state index contributed by atoms with van der Waals surface area (Å²) in [6.45, 7) is 6.23. The molecule has 1 fully saturated rings. The van der Waals surface area contributed by atoms with E-state index in [9.17, 15) is 14.7 Å². The Kier molecular flexibility index (Phi) is 6.40. The minimum absolute atomic E-state index is 0.0466. The Morgan fingerprint density at radius 3 is 2.56 bits per heavy atom. The van der Waals surface area contributed by atoms with E-state index in [2.05, 4.69) is 20.9 Å². The van der Waals surface area contributed by atoms with Gasteiger partial charge in [-0.3, -0.25) is 14.5 Å². The standard InChI is InChI=1S/C28H23BrN2O4S/c1-4-35-19-11-12-21-22(14-19)36-28(30-21)31-24(17-7-9-18(29)10-8-17)23(26(33)27(31)34)25(32)20-13-15(2)5-6-16(20)3/h5-14,24,32H,4H2,1-3H3. The van der Waals surface area contributed by atoms with Crippen LogP contribution in [0.5, 0.6) is 5.75 Å². The molecule has 0 spiro atoms. The number of aromatic nitrogens is 1. The quantitative estimate of drug-likeness (QED) is 0.166. The summed E-state index contributed by atoms with van der Waals surface area (Å²) >= 11 is 4.75. The van der Waals surface area contributed by atoms with Crippen LogP contribution in [0.3, 0.4) is 0 Å². The number of thiazole rings is 1. The van der Waals surface area contributed by atoms with Gasteiger partial charge in [0.05, 0.1) is 28.4 Å². The number of anilines is 1. The Bertz CT molecular complexity index is 1540. The normalized spacial score (nSPS) is 17.2. The topological polar surface area (TPSA) is 79.7 Å². The molecule has 0 bridgehead atoms. The number of Topliss-reactive ketones (excluding diaryl/α,β-unsaturated/α-hetero) is 1. The molecule has 1 N–H and O–H groups in total. The Hall–Kier alpha value is -3.49. The van der Waals surface area contributed by atoms with E-state index >= 15 is 0 Å². The lowest BCUT2D eigenvalue weighted by atomic mass is 9.93. The highest BCUT2D eigenvalue weighted by molar-refractivity contribution is 9.10. The van der Waals surface area contributed by atoms with E-state index in [1.165, 1.54) is 16.2 Å². The zero-order chi connectivity index (χ0) is 25.6. The van der Waals surface area contributed by atoms with Crippen molar-refractivity contribution in [1.29, 1.82) is 0 Å². The van der Waals surface area contributed by atoms with E-state index in [0.717, 1.165) is 20.3 Å². The van der Waals surface area contributed by atoms with E-state index in [1.54, 1.807) is 0 Å². The number of aliphatic hydroxyl groups excluding tert-OH is 1. The molecule has 2 heterocycles. The van der Waals surface area contributed by atoms with Gasteiger partial charge >= 0.3 is 5.91 Å². The number of fused-ring (bicyclic) bond motifs is 1. The molecule has 1 aliphatic rings. The number of carbonyl (C=O) groups excluding carboxylic acids is 2. The molecule has 1 atom stereocenters. The molecule has 0 radical (unpaired) electrons. The minimum Gasteiger partial charge on any atom is -0.507 e. The van der Waals surface area contributed by atoms with Crippen molar-refractivity contribution < 1.29 is 19.4 Å². The highest BCUT2D eigenvalue weighted by Crippen LogP contribution is 2.45. The highest BCUT2D eigenvalue weighted by Gasteiger charge is 2.48. The maximum Gasteiger partial charge on any atom is 0.301 e. The maximum absolute atomic E-state index is 13.5. The van der Waals surface area contributed by atoms with Crippen molar-refractivity contribution in [2.75, 3.05) is 11.5 Å². The molecule has 0 aliphatic carbocycles. The van der Waals surface area contributed by atoms with Crippen molar-refractivity contribution in [2.45, 2.75) is 26.8 Å². The summed E-state index contributed by atoms with van der Waals surface area (Å²) in [6.07, 6.45) is 0. The Morgan fingerprint density at radius 1 is 1.08 bits per heavy atom. The van der Waals surface area contributed by atoms with Gasteiger partial charge in [-0.25, -0.2) is 4.98 Å². The van der Waals surface area contributed by atoms with E-state index in [4.69, 9.17) is 4.74 Å². The Morgan fingerprint density at radius 2 is 1.83 bits per heavy atom. The van der Waals surface area contributed by atoms with Crippen LogP contribution in [0, 0.1) is 13.8 Å². The van der Waals surface area contributed by atoms with Crippen LogP contribution in [0.4, 0.5) is 5.13 Å². The SMILES string of the molecule is CCOc1ccc2nc(N3C(=O)C(=O)C(=C(O)c4cc(C)ccc4C)C3c3ccc(Br)cc3)sc2c1. The summed E-state index contributed by atoms with van der Waals surface area (Å²) in [5, 5.41) is 11.8. The van der Waals surface area contributed by atoms with Crippen molar-refractivity contribution in [3.05, 3.63) is 93.0 Å². The van der Waals surface area contributed by atoms with Crippen LogP contribution in [0.1, 0.15) is 35.2 Å². The molecule has 0 saturated carbocycles. The van der Waals surface area contributed by atoms with Crippen molar-refractivity contribution in [3.63, 3.8) is 0 Å². The molecule has 5 rings (SSSR count). The highest BCUT2D eigenvalue weighted by atomic mass is 79.9. The fourth-order valence-corrected chi connectivity index (χ4v) is 5.66. The molecule has 6 nitrogen and oxygen atoms in total. The monoisotopic (exact) mass is 562 g/mol. The zero-order valence-electron chi connectivity index (χ0n) is 19.9. The number of halogens is 1. The first kappa shape index (κ1) is 24.2. The number of aliphatic hydroxyl groups is 1. The summed E-state index contributed by atoms with van der Waals surface area (Å²) in [7, 11) is 0. The van der Waals surface area contributed by atoms with Crippen LogP contribution in [0.15, 0.2) is 70.7 Å². The van der Waals surface area contributed by atoms with Gasteiger partial charge in [0.15, 0.2) is 5.13 Å². The lowest BCUT2D eigenvalue weighted by molar-refractivity contribution is -0.132. The fraction of sp³-hybridized carbons (Fsp3) is 0.179. The number of ether oxygens (including phenoxy) is 1. The number of aryl methyl sites for hydroxylation is 2. The van der Waals surface area contributed by atoms with Gasteiger partial charge in [-0.1, -0.05) is 57.1 Å². The van der Waals surface area contributed by atoms with Crippen LogP contribution >= 0.6 is 27.3 Å². The van der Waals surface area contributed by atoms with Gasteiger partial charge in [0.25, 0.3) is 5.78 Å². The lowest BCUT2D eigenvalue weighted by Gasteiger charge is -2.23. The summed E-state index contributed by atoms with van der Waals surface area (Å²) in [5.74, 6) is -0.944. The first-order chi connectivity index (χ1) is 17.3.